The van der Waals surface area contributed by atoms with Gasteiger partial charge in [0, 0.05) is 41.0 Å². The van der Waals surface area contributed by atoms with Crippen molar-refractivity contribution in [1.29, 1.82) is 0 Å². The Kier molecular flexibility index (Phi) is 6.14. The first-order valence-electron chi connectivity index (χ1n) is 7.95. The number of hydrogen-bond acceptors (Lipinski definition) is 3. The van der Waals surface area contributed by atoms with Crippen LogP contribution in [0, 0.1) is 0 Å². The van der Waals surface area contributed by atoms with Crippen molar-refractivity contribution in [3.63, 3.8) is 0 Å². The lowest BCUT2D eigenvalue weighted by Gasteiger charge is -2.07. The summed E-state index contributed by atoms with van der Waals surface area (Å²) < 4.78 is 1.80. The number of thioether (sulfide) groups is 1. The summed E-state index contributed by atoms with van der Waals surface area (Å²) in [5, 5.41) is 7.87. The quantitative estimate of drug-likeness (QED) is 0.629. The van der Waals surface area contributed by atoms with Crippen molar-refractivity contribution in [2.75, 3.05) is 5.75 Å². The molecule has 6 heteroatoms. The summed E-state index contributed by atoms with van der Waals surface area (Å²) >= 11 is 7.51. The number of halogens is 1. The molecule has 0 aliphatic carbocycles. The lowest BCUT2D eigenvalue weighted by atomic mass is 10.2. The van der Waals surface area contributed by atoms with Gasteiger partial charge in [0.15, 0.2) is 0 Å². The fourth-order valence-electron chi connectivity index (χ4n) is 2.27. The smallest absolute Gasteiger partial charge is 0.221 e. The van der Waals surface area contributed by atoms with Crippen LogP contribution in [0.5, 0.6) is 0 Å². The zero-order chi connectivity index (χ0) is 17.5. The van der Waals surface area contributed by atoms with E-state index in [1.807, 2.05) is 60.8 Å². The first-order chi connectivity index (χ1) is 12.2. The molecule has 1 amide bonds. The molecule has 0 fully saturated rings. The van der Waals surface area contributed by atoms with E-state index < -0.39 is 0 Å². The Bertz CT molecular complexity index is 802. The highest BCUT2D eigenvalue weighted by molar-refractivity contribution is 7.99. The number of nitrogens with one attached hydrogen (secondary N) is 1. The van der Waals surface area contributed by atoms with Crippen LogP contribution in [-0.4, -0.2) is 21.4 Å². The van der Waals surface area contributed by atoms with E-state index in [0.29, 0.717) is 13.0 Å². The van der Waals surface area contributed by atoms with Crippen LogP contribution >= 0.6 is 23.4 Å². The fraction of sp³-hybridized carbons (Fsp3) is 0.158. The second kappa shape index (κ2) is 8.74. The van der Waals surface area contributed by atoms with Crippen LogP contribution in [0.15, 0.2) is 71.9 Å². The highest BCUT2D eigenvalue weighted by Crippen LogP contribution is 2.20. The van der Waals surface area contributed by atoms with Gasteiger partial charge in [0.05, 0.1) is 5.69 Å². The molecule has 0 atom stereocenters. The SMILES string of the molecule is O=C(CCSc1ccc(Cl)cc1)NCc1ccc(-n2cccn2)cc1. The molecule has 3 rings (SSSR count). The third-order valence-corrected chi connectivity index (χ3v) is 4.87. The Hall–Kier alpha value is -2.24. The predicted octanol–water partition coefficient (Wildman–Crippen LogP) is 4.32. The Balaban J connectivity index is 1.40. The summed E-state index contributed by atoms with van der Waals surface area (Å²) in [5.41, 5.74) is 2.06. The van der Waals surface area contributed by atoms with Crippen molar-refractivity contribution in [1.82, 2.24) is 15.1 Å². The predicted molar refractivity (Wildman–Crippen MR) is 102 cm³/mol. The molecule has 0 saturated carbocycles. The van der Waals surface area contributed by atoms with Gasteiger partial charge in [-0.05, 0) is 48.0 Å². The van der Waals surface area contributed by atoms with Crippen LogP contribution < -0.4 is 5.32 Å². The summed E-state index contributed by atoms with van der Waals surface area (Å²) in [6.07, 6.45) is 4.13. The van der Waals surface area contributed by atoms with Crippen LogP contribution in [0.3, 0.4) is 0 Å². The standard InChI is InChI=1S/C19H18ClN3OS/c20-16-4-8-18(9-5-16)25-13-10-19(24)21-14-15-2-6-17(7-3-15)23-12-1-11-22-23/h1-9,11-12H,10,13-14H2,(H,21,24). The molecular weight excluding hydrogens is 354 g/mol. The number of amides is 1. The largest absolute Gasteiger partial charge is 0.352 e. The molecule has 2 aromatic carbocycles. The molecule has 0 aliphatic rings. The number of aromatic nitrogens is 2. The molecule has 0 spiro atoms. The van der Waals surface area contributed by atoms with Gasteiger partial charge in [-0.3, -0.25) is 4.79 Å². The molecule has 0 unspecified atom stereocenters. The third-order valence-electron chi connectivity index (χ3n) is 3.61. The number of hydrogen-bond donors (Lipinski definition) is 1. The van der Waals surface area contributed by atoms with Gasteiger partial charge >= 0.3 is 0 Å². The summed E-state index contributed by atoms with van der Waals surface area (Å²) in [7, 11) is 0. The Morgan fingerprint density at radius 3 is 2.56 bits per heavy atom. The van der Waals surface area contributed by atoms with Gasteiger partial charge in [0.1, 0.15) is 0 Å². The van der Waals surface area contributed by atoms with E-state index in [-0.39, 0.29) is 5.91 Å². The van der Waals surface area contributed by atoms with Gasteiger partial charge in [0.2, 0.25) is 5.91 Å². The van der Waals surface area contributed by atoms with Crippen LogP contribution in [-0.2, 0) is 11.3 Å². The summed E-state index contributed by atoms with van der Waals surface area (Å²) in [6.45, 7) is 0.532. The summed E-state index contributed by atoms with van der Waals surface area (Å²) in [6, 6.07) is 17.5. The topological polar surface area (TPSA) is 46.9 Å². The van der Waals surface area contributed by atoms with E-state index in [2.05, 4.69) is 10.4 Å². The molecule has 1 heterocycles. The number of rotatable bonds is 7. The summed E-state index contributed by atoms with van der Waals surface area (Å²) in [4.78, 5) is 13.1. The van der Waals surface area contributed by atoms with E-state index >= 15 is 0 Å². The highest BCUT2D eigenvalue weighted by Gasteiger charge is 2.03. The minimum absolute atomic E-state index is 0.0533. The van der Waals surface area contributed by atoms with Crippen LogP contribution in [0.2, 0.25) is 5.02 Å². The normalized spacial score (nSPS) is 10.6. The zero-order valence-corrected chi connectivity index (χ0v) is 15.1. The maximum absolute atomic E-state index is 12.0. The van der Waals surface area contributed by atoms with E-state index in [0.717, 1.165) is 26.9 Å². The first-order valence-corrected chi connectivity index (χ1v) is 9.31. The Morgan fingerprint density at radius 2 is 1.88 bits per heavy atom. The fourth-order valence-corrected chi connectivity index (χ4v) is 3.25. The van der Waals surface area contributed by atoms with Crippen molar-refractivity contribution < 1.29 is 4.79 Å². The number of benzene rings is 2. The third kappa shape index (κ3) is 5.37. The van der Waals surface area contributed by atoms with Crippen LogP contribution in [0.4, 0.5) is 0 Å². The zero-order valence-electron chi connectivity index (χ0n) is 13.6. The molecule has 4 nitrogen and oxygen atoms in total. The van der Waals surface area contributed by atoms with Gasteiger partial charge in [-0.25, -0.2) is 4.68 Å². The number of carbonyl (C=O) groups is 1. The lowest BCUT2D eigenvalue weighted by Crippen LogP contribution is -2.22. The average molecular weight is 372 g/mol. The first kappa shape index (κ1) is 17.6. The lowest BCUT2D eigenvalue weighted by molar-refractivity contribution is -0.120. The maximum atomic E-state index is 12.0. The minimum Gasteiger partial charge on any atom is -0.352 e. The maximum Gasteiger partial charge on any atom is 0.221 e. The molecule has 0 radical (unpaired) electrons. The second-order valence-corrected chi connectivity index (χ2v) is 7.05. The highest BCUT2D eigenvalue weighted by atomic mass is 35.5. The Labute approximate surface area is 156 Å². The van der Waals surface area contributed by atoms with Gasteiger partial charge in [-0.15, -0.1) is 11.8 Å². The number of nitrogens with zero attached hydrogens (tertiary/aromatic N) is 2. The van der Waals surface area contributed by atoms with E-state index in [9.17, 15) is 4.79 Å². The van der Waals surface area contributed by atoms with Gasteiger partial charge in [-0.1, -0.05) is 23.7 Å². The van der Waals surface area contributed by atoms with Crippen molar-refractivity contribution in [2.45, 2.75) is 17.9 Å². The molecule has 0 saturated heterocycles. The molecule has 1 N–H and O–H groups in total. The molecule has 128 valence electrons. The minimum atomic E-state index is 0.0533. The van der Waals surface area contributed by atoms with Gasteiger partial charge in [-0.2, -0.15) is 5.10 Å². The molecule has 0 aliphatic heterocycles. The molecule has 0 bridgehead atoms. The van der Waals surface area contributed by atoms with E-state index in [4.69, 9.17) is 11.6 Å². The summed E-state index contributed by atoms with van der Waals surface area (Å²) in [5.74, 6) is 0.795. The molecular formula is C19H18ClN3OS. The van der Waals surface area contributed by atoms with E-state index in [1.54, 1.807) is 22.6 Å². The van der Waals surface area contributed by atoms with Crippen LogP contribution in [0.1, 0.15) is 12.0 Å². The molecule has 25 heavy (non-hydrogen) atoms. The van der Waals surface area contributed by atoms with E-state index in [1.165, 1.54) is 0 Å². The number of carbonyl (C=O) groups excluding carboxylic acids is 1. The van der Waals surface area contributed by atoms with Crippen molar-refractivity contribution >= 4 is 29.3 Å². The average Bonchev–Trinajstić information content (AvgIpc) is 3.17. The van der Waals surface area contributed by atoms with Crippen molar-refractivity contribution in [2.24, 2.45) is 0 Å². The van der Waals surface area contributed by atoms with Crippen LogP contribution in [0.25, 0.3) is 5.69 Å². The molecule has 3 aromatic rings. The molecule has 1 aromatic heterocycles. The van der Waals surface area contributed by atoms with Crippen molar-refractivity contribution in [3.8, 4) is 5.69 Å². The monoisotopic (exact) mass is 371 g/mol. The van der Waals surface area contributed by atoms with Gasteiger partial charge < -0.3 is 5.32 Å². The van der Waals surface area contributed by atoms with Gasteiger partial charge in [0.25, 0.3) is 0 Å². The second-order valence-electron chi connectivity index (χ2n) is 5.45. The van der Waals surface area contributed by atoms with Crippen molar-refractivity contribution in [3.05, 3.63) is 77.6 Å². The Morgan fingerprint density at radius 1 is 1.12 bits per heavy atom.